The highest BCUT2D eigenvalue weighted by molar-refractivity contribution is 7.80. The van der Waals surface area contributed by atoms with Crippen molar-refractivity contribution in [2.45, 2.75) is 131 Å². The summed E-state index contributed by atoms with van der Waals surface area (Å²) in [6, 6.07) is 0. The highest BCUT2D eigenvalue weighted by atomic mass is 32.1. The Labute approximate surface area is 183 Å². The molecule has 2 rings (SSSR count). The molecule has 7 atom stereocenters. The van der Waals surface area contributed by atoms with E-state index in [1.54, 1.807) is 0 Å². The van der Waals surface area contributed by atoms with Crippen LogP contribution in [0.5, 0.6) is 0 Å². The molecule has 0 aliphatic heterocycles. The number of thiol groups is 1. The van der Waals surface area contributed by atoms with E-state index < -0.39 is 0 Å². The van der Waals surface area contributed by atoms with Crippen LogP contribution < -0.4 is 0 Å². The van der Waals surface area contributed by atoms with E-state index >= 15 is 0 Å². The molecule has 2 saturated carbocycles. The Kier molecular flexibility index (Phi) is 9.31. The molecule has 0 aromatic heterocycles. The van der Waals surface area contributed by atoms with Crippen molar-refractivity contribution in [3.8, 4) is 0 Å². The summed E-state index contributed by atoms with van der Waals surface area (Å²) in [7, 11) is 0. The standard InChI is InChI=1S/C27H52S/c1-8-10-25-23(13-12-20(2)3)11-9-15-26(6)18-22(5)21(4)17-24(28)14-16-27(25,7)19-26/h20-25,28H,8-19H2,1-7H3. The van der Waals surface area contributed by atoms with Crippen LogP contribution in [0.1, 0.15) is 126 Å². The molecule has 0 N–H and O–H groups in total. The summed E-state index contributed by atoms with van der Waals surface area (Å²) < 4.78 is 0. The Morgan fingerprint density at radius 3 is 2.36 bits per heavy atom. The van der Waals surface area contributed by atoms with Crippen LogP contribution in [0.4, 0.5) is 0 Å². The van der Waals surface area contributed by atoms with Crippen molar-refractivity contribution in [2.24, 2.45) is 40.4 Å². The van der Waals surface area contributed by atoms with E-state index in [9.17, 15) is 0 Å². The molecule has 0 spiro atoms. The van der Waals surface area contributed by atoms with Crippen molar-refractivity contribution < 1.29 is 0 Å². The Balaban J connectivity index is 2.34. The monoisotopic (exact) mass is 408 g/mol. The molecule has 7 unspecified atom stereocenters. The van der Waals surface area contributed by atoms with E-state index in [0.29, 0.717) is 16.1 Å². The third-order valence-corrected chi connectivity index (χ3v) is 9.31. The predicted molar refractivity (Wildman–Crippen MR) is 130 cm³/mol. The molecule has 0 radical (unpaired) electrons. The number of hydrogen-bond donors (Lipinski definition) is 1. The zero-order valence-corrected chi connectivity index (χ0v) is 21.3. The lowest BCUT2D eigenvalue weighted by Crippen LogP contribution is -2.42. The summed E-state index contributed by atoms with van der Waals surface area (Å²) in [5.74, 6) is 4.37. The van der Waals surface area contributed by atoms with Crippen LogP contribution in [-0.2, 0) is 0 Å². The molecule has 0 aromatic rings. The van der Waals surface area contributed by atoms with Gasteiger partial charge in [0.1, 0.15) is 0 Å². The van der Waals surface area contributed by atoms with Crippen LogP contribution in [0.15, 0.2) is 0 Å². The maximum absolute atomic E-state index is 5.06. The van der Waals surface area contributed by atoms with Gasteiger partial charge in [0.2, 0.25) is 0 Å². The molecule has 0 amide bonds. The van der Waals surface area contributed by atoms with Gasteiger partial charge in [0.15, 0.2) is 0 Å². The van der Waals surface area contributed by atoms with Crippen LogP contribution in [-0.4, -0.2) is 5.25 Å². The molecule has 28 heavy (non-hydrogen) atoms. The minimum atomic E-state index is 0.508. The topological polar surface area (TPSA) is 0 Å². The average molecular weight is 409 g/mol. The average Bonchev–Trinajstić information content (AvgIpc) is 2.59. The molecule has 2 bridgehead atoms. The molecule has 2 aliphatic carbocycles. The number of fused-ring (bicyclic) bond motifs is 2. The van der Waals surface area contributed by atoms with Crippen LogP contribution in [0.2, 0.25) is 0 Å². The van der Waals surface area contributed by atoms with Gasteiger partial charge in [-0.1, -0.05) is 74.1 Å². The Bertz CT molecular complexity index is 457. The highest BCUT2D eigenvalue weighted by Crippen LogP contribution is 2.56. The third kappa shape index (κ3) is 6.68. The fourth-order valence-corrected chi connectivity index (χ4v) is 7.71. The summed E-state index contributed by atoms with van der Waals surface area (Å²) in [4.78, 5) is 0. The van der Waals surface area contributed by atoms with E-state index in [0.717, 1.165) is 29.6 Å². The lowest BCUT2D eigenvalue weighted by Gasteiger charge is -2.51. The first-order valence-corrected chi connectivity index (χ1v) is 13.3. The van der Waals surface area contributed by atoms with E-state index in [1.165, 1.54) is 77.0 Å². The molecule has 0 nitrogen and oxygen atoms in total. The van der Waals surface area contributed by atoms with Gasteiger partial charge < -0.3 is 0 Å². The Morgan fingerprint density at radius 2 is 1.71 bits per heavy atom. The van der Waals surface area contributed by atoms with Gasteiger partial charge in [-0.3, -0.25) is 0 Å². The first-order valence-electron chi connectivity index (χ1n) is 12.8. The Hall–Kier alpha value is 0.350. The lowest BCUT2D eigenvalue weighted by atomic mass is 9.54. The van der Waals surface area contributed by atoms with Crippen molar-refractivity contribution in [3.05, 3.63) is 0 Å². The van der Waals surface area contributed by atoms with Crippen LogP contribution in [0.25, 0.3) is 0 Å². The first kappa shape index (κ1) is 24.6. The second-order valence-corrected chi connectivity index (χ2v) is 13.0. The molecule has 0 aromatic carbocycles. The SMILES string of the molecule is CCCC1C(CCC(C)C)CCCC2(C)CC(C)C(C)CC(S)CCC1(C)C2. The zero-order valence-electron chi connectivity index (χ0n) is 20.4. The summed E-state index contributed by atoms with van der Waals surface area (Å²) in [5.41, 5.74) is 1.05. The zero-order chi connectivity index (χ0) is 20.9. The van der Waals surface area contributed by atoms with Gasteiger partial charge in [-0.25, -0.2) is 0 Å². The molecular weight excluding hydrogens is 356 g/mol. The molecule has 2 fully saturated rings. The fraction of sp³-hybridized carbons (Fsp3) is 1.00. The number of rotatable bonds is 5. The molecule has 1 heteroatoms. The van der Waals surface area contributed by atoms with Crippen molar-refractivity contribution in [3.63, 3.8) is 0 Å². The summed E-state index contributed by atoms with van der Waals surface area (Å²) >= 11 is 5.06. The van der Waals surface area contributed by atoms with Gasteiger partial charge in [-0.2, -0.15) is 12.6 Å². The molecule has 166 valence electrons. The summed E-state index contributed by atoms with van der Waals surface area (Å²) in [5, 5.41) is 0.598. The minimum Gasteiger partial charge on any atom is -0.176 e. The van der Waals surface area contributed by atoms with E-state index in [4.69, 9.17) is 12.6 Å². The van der Waals surface area contributed by atoms with Gasteiger partial charge >= 0.3 is 0 Å². The number of hydrogen-bond acceptors (Lipinski definition) is 1. The van der Waals surface area contributed by atoms with Crippen LogP contribution >= 0.6 is 12.6 Å². The predicted octanol–water partition coefficient (Wildman–Crippen LogP) is 9.19. The molecular formula is C27H52S. The van der Waals surface area contributed by atoms with E-state index in [1.807, 2.05) is 0 Å². The normalized spacial score (nSPS) is 43.4. The second kappa shape index (κ2) is 10.6. The quantitative estimate of drug-likeness (QED) is 0.430. The van der Waals surface area contributed by atoms with Crippen molar-refractivity contribution in [1.82, 2.24) is 0 Å². The smallest absolute Gasteiger partial charge is 0.00196 e. The van der Waals surface area contributed by atoms with Crippen molar-refractivity contribution >= 4 is 12.6 Å². The second-order valence-electron chi connectivity index (χ2n) is 12.2. The van der Waals surface area contributed by atoms with Crippen molar-refractivity contribution in [2.75, 3.05) is 0 Å². The molecule has 2 aliphatic rings. The maximum atomic E-state index is 5.06. The first-order chi connectivity index (χ1) is 13.1. The highest BCUT2D eigenvalue weighted by Gasteiger charge is 2.45. The minimum absolute atomic E-state index is 0.508. The fourth-order valence-electron chi connectivity index (χ4n) is 7.25. The molecule has 0 heterocycles. The summed E-state index contributed by atoms with van der Waals surface area (Å²) in [6.45, 7) is 17.6. The van der Waals surface area contributed by atoms with E-state index in [-0.39, 0.29) is 0 Å². The summed E-state index contributed by atoms with van der Waals surface area (Å²) in [6.07, 6.45) is 17.0. The lowest BCUT2D eigenvalue weighted by molar-refractivity contribution is -0.00753. The van der Waals surface area contributed by atoms with Gasteiger partial charge in [0.05, 0.1) is 0 Å². The largest absolute Gasteiger partial charge is 0.176 e. The van der Waals surface area contributed by atoms with E-state index in [2.05, 4.69) is 48.5 Å². The van der Waals surface area contributed by atoms with Gasteiger partial charge in [-0.15, -0.1) is 0 Å². The Morgan fingerprint density at radius 1 is 1.00 bits per heavy atom. The van der Waals surface area contributed by atoms with Gasteiger partial charge in [0, 0.05) is 5.25 Å². The van der Waals surface area contributed by atoms with Crippen LogP contribution in [0.3, 0.4) is 0 Å². The van der Waals surface area contributed by atoms with Gasteiger partial charge in [0.25, 0.3) is 0 Å². The van der Waals surface area contributed by atoms with Crippen molar-refractivity contribution in [1.29, 1.82) is 0 Å². The van der Waals surface area contributed by atoms with Gasteiger partial charge in [-0.05, 0) is 91.8 Å². The van der Waals surface area contributed by atoms with Crippen LogP contribution in [0, 0.1) is 40.4 Å². The maximum Gasteiger partial charge on any atom is 0.00196 e. The third-order valence-electron chi connectivity index (χ3n) is 8.84. The molecule has 0 saturated heterocycles.